The van der Waals surface area contributed by atoms with Crippen molar-refractivity contribution >= 4 is 34.9 Å². The Morgan fingerprint density at radius 2 is 1.92 bits per heavy atom. The van der Waals surface area contributed by atoms with Crippen LogP contribution in [0.15, 0.2) is 42.5 Å². The summed E-state index contributed by atoms with van der Waals surface area (Å²) >= 11 is 12.0. The zero-order valence-corrected chi connectivity index (χ0v) is 15.6. The molecule has 0 radical (unpaired) electrons. The van der Waals surface area contributed by atoms with Crippen molar-refractivity contribution in [2.24, 2.45) is 0 Å². The van der Waals surface area contributed by atoms with Crippen molar-refractivity contribution in [2.45, 2.75) is 26.3 Å². The minimum Gasteiger partial charge on any atom is -0.396 e. The zero-order valence-electron chi connectivity index (χ0n) is 14.1. The fourth-order valence-corrected chi connectivity index (χ4v) is 2.84. The summed E-state index contributed by atoms with van der Waals surface area (Å²) in [5.74, 6) is 0. The highest BCUT2D eigenvalue weighted by Crippen LogP contribution is 2.23. The van der Waals surface area contributed by atoms with Gasteiger partial charge in [-0.25, -0.2) is 4.79 Å². The van der Waals surface area contributed by atoms with E-state index in [4.69, 9.17) is 28.3 Å². The Balaban J connectivity index is 2.14. The van der Waals surface area contributed by atoms with Crippen LogP contribution in [0.2, 0.25) is 10.0 Å². The summed E-state index contributed by atoms with van der Waals surface area (Å²) in [5.41, 5.74) is 2.76. The van der Waals surface area contributed by atoms with Crippen LogP contribution >= 0.6 is 23.2 Å². The molecule has 2 rings (SSSR count). The summed E-state index contributed by atoms with van der Waals surface area (Å²) in [7, 11) is 0. The van der Waals surface area contributed by atoms with Gasteiger partial charge in [-0.15, -0.1) is 0 Å². The number of carbonyl (C=O) groups excluding carboxylic acids is 1. The monoisotopic (exact) mass is 380 g/mol. The first-order valence-corrected chi connectivity index (χ1v) is 8.99. The molecule has 0 atom stereocenters. The van der Waals surface area contributed by atoms with E-state index in [1.54, 1.807) is 17.0 Å². The number of hydrogen-bond acceptors (Lipinski definition) is 2. The molecule has 0 spiro atoms. The molecule has 25 heavy (non-hydrogen) atoms. The van der Waals surface area contributed by atoms with Gasteiger partial charge in [-0.1, -0.05) is 54.4 Å². The normalized spacial score (nSPS) is 10.6. The summed E-state index contributed by atoms with van der Waals surface area (Å²) in [6.45, 7) is 2.90. The highest BCUT2D eigenvalue weighted by Gasteiger charge is 2.15. The third-order valence-corrected chi connectivity index (χ3v) is 4.61. The number of rotatable bonds is 7. The molecule has 6 heteroatoms. The van der Waals surface area contributed by atoms with Crippen molar-refractivity contribution in [3.05, 3.63) is 63.6 Å². The van der Waals surface area contributed by atoms with Crippen LogP contribution in [-0.2, 0) is 13.0 Å². The van der Waals surface area contributed by atoms with Crippen molar-refractivity contribution < 1.29 is 9.90 Å². The van der Waals surface area contributed by atoms with Crippen LogP contribution in [0.5, 0.6) is 0 Å². The van der Waals surface area contributed by atoms with Gasteiger partial charge in [0.15, 0.2) is 0 Å². The lowest BCUT2D eigenvalue weighted by atomic mass is 10.1. The van der Waals surface area contributed by atoms with E-state index >= 15 is 0 Å². The van der Waals surface area contributed by atoms with Gasteiger partial charge in [-0.3, -0.25) is 0 Å². The van der Waals surface area contributed by atoms with Gasteiger partial charge < -0.3 is 15.3 Å². The van der Waals surface area contributed by atoms with E-state index in [-0.39, 0.29) is 12.6 Å². The summed E-state index contributed by atoms with van der Waals surface area (Å²) in [5, 5.41) is 13.0. The van der Waals surface area contributed by atoms with Gasteiger partial charge in [-0.05, 0) is 42.2 Å². The molecule has 2 N–H and O–H groups in total. The Labute approximate surface area is 158 Å². The predicted octanol–water partition coefficient (Wildman–Crippen LogP) is 4.97. The van der Waals surface area contributed by atoms with Crippen molar-refractivity contribution in [3.63, 3.8) is 0 Å². The van der Waals surface area contributed by atoms with Crippen molar-refractivity contribution in [1.82, 2.24) is 4.90 Å². The van der Waals surface area contributed by atoms with E-state index in [0.717, 1.165) is 23.2 Å². The Kier molecular flexibility index (Phi) is 7.56. The molecule has 0 heterocycles. The minimum atomic E-state index is -0.208. The quantitative estimate of drug-likeness (QED) is 0.711. The first kappa shape index (κ1) is 19.6. The number of aliphatic hydroxyl groups excluding tert-OH is 1. The number of para-hydroxylation sites is 1. The number of aryl methyl sites for hydroxylation is 1. The molecule has 0 unspecified atom stereocenters. The number of anilines is 1. The minimum absolute atomic E-state index is 0.0245. The summed E-state index contributed by atoms with van der Waals surface area (Å²) in [6, 6.07) is 12.8. The zero-order chi connectivity index (χ0) is 18.2. The smallest absolute Gasteiger partial charge is 0.322 e. The van der Waals surface area contributed by atoms with Crippen LogP contribution in [0.25, 0.3) is 0 Å². The van der Waals surface area contributed by atoms with Crippen molar-refractivity contribution in [2.75, 3.05) is 18.5 Å². The lowest BCUT2D eigenvalue weighted by Gasteiger charge is -2.24. The van der Waals surface area contributed by atoms with Gasteiger partial charge in [0, 0.05) is 25.4 Å². The van der Waals surface area contributed by atoms with E-state index < -0.39 is 0 Å². The van der Waals surface area contributed by atoms with Crippen molar-refractivity contribution in [3.8, 4) is 0 Å². The van der Waals surface area contributed by atoms with Crippen LogP contribution in [0.4, 0.5) is 10.5 Å². The van der Waals surface area contributed by atoms with Crippen LogP contribution in [0.1, 0.15) is 24.5 Å². The molecule has 134 valence electrons. The van der Waals surface area contributed by atoms with Crippen LogP contribution in [-0.4, -0.2) is 29.2 Å². The molecule has 0 fully saturated rings. The average molecular weight is 381 g/mol. The van der Waals surface area contributed by atoms with Crippen LogP contribution in [0.3, 0.4) is 0 Å². The molecule has 0 bridgehead atoms. The molecule has 0 aliphatic rings. The average Bonchev–Trinajstić information content (AvgIpc) is 2.62. The molecule has 0 saturated heterocycles. The molecule has 2 aromatic carbocycles. The highest BCUT2D eigenvalue weighted by molar-refractivity contribution is 6.42. The molecule has 2 amide bonds. The number of amides is 2. The molecular weight excluding hydrogens is 359 g/mol. The number of aliphatic hydroxyl groups is 1. The van der Waals surface area contributed by atoms with Gasteiger partial charge in [0.2, 0.25) is 0 Å². The molecule has 0 aliphatic carbocycles. The Hall–Kier alpha value is -1.75. The van der Waals surface area contributed by atoms with E-state index in [1.165, 1.54) is 0 Å². The van der Waals surface area contributed by atoms with E-state index in [0.29, 0.717) is 29.6 Å². The largest absolute Gasteiger partial charge is 0.396 e. The number of hydrogen-bond donors (Lipinski definition) is 2. The Morgan fingerprint density at radius 1 is 1.16 bits per heavy atom. The van der Waals surface area contributed by atoms with E-state index in [9.17, 15) is 4.79 Å². The fourth-order valence-electron chi connectivity index (χ4n) is 2.52. The Bertz CT molecular complexity index is 722. The van der Waals surface area contributed by atoms with Crippen LogP contribution < -0.4 is 5.32 Å². The molecule has 4 nitrogen and oxygen atoms in total. The summed E-state index contributed by atoms with van der Waals surface area (Å²) in [6.07, 6.45) is 1.34. The van der Waals surface area contributed by atoms with Gasteiger partial charge in [0.05, 0.1) is 10.0 Å². The number of benzene rings is 2. The number of halogens is 2. The summed E-state index contributed by atoms with van der Waals surface area (Å²) < 4.78 is 0. The highest BCUT2D eigenvalue weighted by atomic mass is 35.5. The van der Waals surface area contributed by atoms with E-state index in [1.807, 2.05) is 37.3 Å². The fraction of sp³-hybridized carbons (Fsp3) is 0.316. The molecule has 0 saturated carbocycles. The second kappa shape index (κ2) is 9.66. The summed E-state index contributed by atoms with van der Waals surface area (Å²) in [4.78, 5) is 14.4. The maximum atomic E-state index is 12.7. The second-order valence-corrected chi connectivity index (χ2v) is 6.50. The van der Waals surface area contributed by atoms with Crippen LogP contribution in [0, 0.1) is 0 Å². The third kappa shape index (κ3) is 5.63. The maximum absolute atomic E-state index is 12.7. The SMILES string of the molecule is CCc1ccccc1NC(=O)N(CCCO)Cc1ccc(Cl)c(Cl)c1. The van der Waals surface area contributed by atoms with Gasteiger partial charge in [0.1, 0.15) is 0 Å². The predicted molar refractivity (Wildman–Crippen MR) is 103 cm³/mol. The Morgan fingerprint density at radius 3 is 2.60 bits per heavy atom. The lowest BCUT2D eigenvalue weighted by molar-refractivity contribution is 0.199. The number of urea groups is 1. The van der Waals surface area contributed by atoms with Gasteiger partial charge >= 0.3 is 6.03 Å². The number of carbonyl (C=O) groups is 1. The molecule has 2 aromatic rings. The molecular formula is C19H22Cl2N2O2. The van der Waals surface area contributed by atoms with Gasteiger partial charge in [0.25, 0.3) is 0 Å². The standard InChI is InChI=1S/C19H22Cl2N2O2/c1-2-15-6-3-4-7-18(15)22-19(25)23(10-5-11-24)13-14-8-9-16(20)17(21)12-14/h3-4,6-9,12,24H,2,5,10-11,13H2,1H3,(H,22,25). The number of nitrogens with zero attached hydrogens (tertiary/aromatic N) is 1. The first-order chi connectivity index (χ1) is 12.0. The topological polar surface area (TPSA) is 52.6 Å². The van der Waals surface area contributed by atoms with Crippen molar-refractivity contribution in [1.29, 1.82) is 0 Å². The number of nitrogens with one attached hydrogen (secondary N) is 1. The molecule has 0 aromatic heterocycles. The maximum Gasteiger partial charge on any atom is 0.322 e. The molecule has 0 aliphatic heterocycles. The third-order valence-electron chi connectivity index (χ3n) is 3.87. The second-order valence-electron chi connectivity index (χ2n) is 5.69. The lowest BCUT2D eigenvalue weighted by Crippen LogP contribution is -2.35. The first-order valence-electron chi connectivity index (χ1n) is 8.23. The van der Waals surface area contributed by atoms with Gasteiger partial charge in [-0.2, -0.15) is 0 Å². The van der Waals surface area contributed by atoms with E-state index in [2.05, 4.69) is 5.32 Å².